The van der Waals surface area contributed by atoms with Gasteiger partial charge in [-0.05, 0) is 58.7 Å². The van der Waals surface area contributed by atoms with Gasteiger partial charge < -0.3 is 19.7 Å². The third kappa shape index (κ3) is 5.24. The van der Waals surface area contributed by atoms with Crippen LogP contribution in [0.1, 0.15) is 39.5 Å². The highest BCUT2D eigenvalue weighted by Gasteiger charge is 2.32. The smallest absolute Gasteiger partial charge is 0.325 e. The van der Waals surface area contributed by atoms with Gasteiger partial charge >= 0.3 is 5.97 Å². The maximum absolute atomic E-state index is 11.8. The summed E-state index contributed by atoms with van der Waals surface area (Å²) < 4.78 is 10.4. The van der Waals surface area contributed by atoms with Crippen molar-refractivity contribution in [2.45, 2.75) is 51.2 Å². The second kappa shape index (κ2) is 8.71. The molecule has 1 saturated heterocycles. The third-order valence-electron chi connectivity index (χ3n) is 4.87. The zero-order chi connectivity index (χ0) is 15.9. The van der Waals surface area contributed by atoms with Crippen molar-refractivity contribution in [2.24, 2.45) is 5.92 Å². The summed E-state index contributed by atoms with van der Waals surface area (Å²) in [6.45, 7) is 7.43. The number of ether oxygens (including phenoxy) is 2. The van der Waals surface area contributed by atoms with Crippen LogP contribution in [0.4, 0.5) is 0 Å². The van der Waals surface area contributed by atoms with Crippen LogP contribution in [0.2, 0.25) is 0 Å². The lowest BCUT2D eigenvalue weighted by atomic mass is 9.94. The van der Waals surface area contributed by atoms with Gasteiger partial charge in [0.05, 0.1) is 13.2 Å². The number of likely N-dealkylation sites (tertiary alicyclic amines) is 1. The zero-order valence-electron chi connectivity index (χ0n) is 14.3. The highest BCUT2D eigenvalue weighted by atomic mass is 16.5. The van der Waals surface area contributed by atoms with Crippen molar-refractivity contribution in [3.8, 4) is 0 Å². The average molecular weight is 300 g/mol. The molecule has 0 amide bonds. The van der Waals surface area contributed by atoms with Gasteiger partial charge in [0.1, 0.15) is 5.54 Å². The highest BCUT2D eigenvalue weighted by molar-refractivity contribution is 5.80. The Labute approximate surface area is 129 Å². The van der Waals surface area contributed by atoms with Crippen LogP contribution in [0.5, 0.6) is 0 Å². The molecule has 1 N–H and O–H groups in total. The first-order chi connectivity index (χ1) is 9.96. The number of hydrogen-bond acceptors (Lipinski definition) is 5. The van der Waals surface area contributed by atoms with E-state index in [1.807, 2.05) is 14.0 Å². The number of esters is 1. The molecule has 21 heavy (non-hydrogen) atoms. The molecule has 0 aromatic rings. The average Bonchev–Trinajstić information content (AvgIpc) is 2.51. The van der Waals surface area contributed by atoms with Gasteiger partial charge in [0.2, 0.25) is 0 Å². The van der Waals surface area contributed by atoms with Crippen molar-refractivity contribution < 1.29 is 14.3 Å². The normalized spacial score (nSPS) is 26.3. The third-order valence-corrected chi connectivity index (χ3v) is 4.87. The van der Waals surface area contributed by atoms with Crippen LogP contribution in [-0.4, -0.2) is 63.4 Å². The molecule has 0 saturated carbocycles. The topological polar surface area (TPSA) is 50.8 Å². The highest BCUT2D eigenvalue weighted by Crippen LogP contribution is 2.20. The van der Waals surface area contributed by atoms with E-state index in [1.54, 1.807) is 7.11 Å². The molecule has 1 heterocycles. The minimum absolute atomic E-state index is 0.184. The molecule has 3 atom stereocenters. The number of methoxy groups -OCH3 is 2. The number of rotatable bonds is 8. The number of unbranched alkanes of at least 4 members (excludes halogenated alkanes) is 1. The SMILES string of the molecule is CNC(C)(CCCCN1CCC(C)C(OC)C1)C(=O)OC. The zero-order valence-corrected chi connectivity index (χ0v) is 14.3. The molecular formula is C16H32N2O3. The summed E-state index contributed by atoms with van der Waals surface area (Å²) in [6, 6.07) is 0. The Morgan fingerprint density at radius 1 is 1.38 bits per heavy atom. The molecule has 0 spiro atoms. The molecule has 0 radical (unpaired) electrons. The minimum atomic E-state index is -0.569. The van der Waals surface area contributed by atoms with Crippen LogP contribution in [0.15, 0.2) is 0 Å². The van der Waals surface area contributed by atoms with Crippen molar-refractivity contribution in [1.82, 2.24) is 10.2 Å². The van der Waals surface area contributed by atoms with Gasteiger partial charge in [-0.2, -0.15) is 0 Å². The van der Waals surface area contributed by atoms with E-state index in [1.165, 1.54) is 13.5 Å². The second-order valence-electron chi connectivity index (χ2n) is 6.37. The molecule has 124 valence electrons. The van der Waals surface area contributed by atoms with Gasteiger partial charge in [0.15, 0.2) is 0 Å². The summed E-state index contributed by atoms with van der Waals surface area (Å²) >= 11 is 0. The van der Waals surface area contributed by atoms with Crippen LogP contribution in [0.25, 0.3) is 0 Å². The van der Waals surface area contributed by atoms with Crippen molar-refractivity contribution in [3.05, 3.63) is 0 Å². The summed E-state index contributed by atoms with van der Waals surface area (Å²) in [7, 11) is 5.06. The van der Waals surface area contributed by atoms with Crippen LogP contribution in [0, 0.1) is 5.92 Å². The Morgan fingerprint density at radius 3 is 2.67 bits per heavy atom. The van der Waals surface area contributed by atoms with Crippen LogP contribution < -0.4 is 5.32 Å². The Kier molecular flexibility index (Phi) is 7.63. The summed E-state index contributed by atoms with van der Waals surface area (Å²) in [5.41, 5.74) is -0.569. The Bertz CT molecular complexity index is 325. The van der Waals surface area contributed by atoms with Crippen LogP contribution in [-0.2, 0) is 14.3 Å². The molecule has 1 fully saturated rings. The molecular weight excluding hydrogens is 268 g/mol. The number of nitrogens with zero attached hydrogens (tertiary/aromatic N) is 1. The lowest BCUT2D eigenvalue weighted by Crippen LogP contribution is -2.48. The first kappa shape index (κ1) is 18.4. The lowest BCUT2D eigenvalue weighted by molar-refractivity contribution is -0.148. The summed E-state index contributed by atoms with van der Waals surface area (Å²) in [6.07, 6.45) is 4.47. The molecule has 0 bridgehead atoms. The van der Waals surface area contributed by atoms with Crippen molar-refractivity contribution in [1.29, 1.82) is 0 Å². The van der Waals surface area contributed by atoms with E-state index < -0.39 is 5.54 Å². The molecule has 3 unspecified atom stereocenters. The van der Waals surface area contributed by atoms with Gasteiger partial charge in [0.25, 0.3) is 0 Å². The second-order valence-corrected chi connectivity index (χ2v) is 6.37. The summed E-state index contributed by atoms with van der Waals surface area (Å²) in [5.74, 6) is 0.467. The molecule has 5 heteroatoms. The summed E-state index contributed by atoms with van der Waals surface area (Å²) in [5, 5.41) is 3.08. The first-order valence-electron chi connectivity index (χ1n) is 7.99. The fraction of sp³-hybridized carbons (Fsp3) is 0.938. The Morgan fingerprint density at radius 2 is 2.10 bits per heavy atom. The monoisotopic (exact) mass is 300 g/mol. The van der Waals surface area contributed by atoms with Crippen molar-refractivity contribution in [3.63, 3.8) is 0 Å². The number of carbonyl (C=O) groups is 1. The van der Waals surface area contributed by atoms with Crippen LogP contribution in [0.3, 0.4) is 0 Å². The van der Waals surface area contributed by atoms with Gasteiger partial charge in [-0.15, -0.1) is 0 Å². The van der Waals surface area contributed by atoms with Crippen LogP contribution >= 0.6 is 0 Å². The fourth-order valence-electron chi connectivity index (χ4n) is 2.98. The standard InChI is InChI=1S/C16H32N2O3/c1-13-8-11-18(12-14(13)20-4)10-7-6-9-16(2,17-3)15(19)21-5/h13-14,17H,6-12H2,1-5H3. The minimum Gasteiger partial charge on any atom is -0.468 e. The maximum atomic E-state index is 11.8. The first-order valence-corrected chi connectivity index (χ1v) is 7.99. The molecule has 0 aliphatic carbocycles. The number of carbonyl (C=O) groups excluding carboxylic acids is 1. The van der Waals surface area contributed by atoms with E-state index in [4.69, 9.17) is 9.47 Å². The van der Waals surface area contributed by atoms with E-state index in [9.17, 15) is 4.79 Å². The van der Waals surface area contributed by atoms with E-state index in [-0.39, 0.29) is 5.97 Å². The number of piperidine rings is 1. The predicted molar refractivity (Wildman–Crippen MR) is 84.3 cm³/mol. The van der Waals surface area contributed by atoms with Gasteiger partial charge in [-0.25, -0.2) is 0 Å². The number of likely N-dealkylation sites (N-methyl/N-ethyl adjacent to an activating group) is 1. The number of hydrogen-bond donors (Lipinski definition) is 1. The quantitative estimate of drug-likeness (QED) is 0.546. The molecule has 0 aromatic carbocycles. The molecule has 1 aliphatic heterocycles. The molecule has 1 aliphatic rings. The Balaban J connectivity index is 2.29. The molecule has 1 rings (SSSR count). The van der Waals surface area contributed by atoms with Gasteiger partial charge in [-0.1, -0.05) is 6.92 Å². The predicted octanol–water partition coefficient (Wildman–Crippen LogP) is 1.66. The summed E-state index contributed by atoms with van der Waals surface area (Å²) in [4.78, 5) is 14.2. The van der Waals surface area contributed by atoms with Gasteiger partial charge in [-0.3, -0.25) is 4.79 Å². The Hall–Kier alpha value is -0.650. The van der Waals surface area contributed by atoms with Gasteiger partial charge in [0, 0.05) is 13.7 Å². The van der Waals surface area contributed by atoms with E-state index in [2.05, 4.69) is 17.1 Å². The fourth-order valence-corrected chi connectivity index (χ4v) is 2.98. The van der Waals surface area contributed by atoms with E-state index >= 15 is 0 Å². The van der Waals surface area contributed by atoms with Crippen molar-refractivity contribution in [2.75, 3.05) is 40.9 Å². The van der Waals surface area contributed by atoms with Crippen molar-refractivity contribution >= 4 is 5.97 Å². The number of nitrogens with one attached hydrogen (secondary N) is 1. The van der Waals surface area contributed by atoms with E-state index in [0.717, 1.165) is 38.9 Å². The lowest BCUT2D eigenvalue weighted by Gasteiger charge is -2.36. The van der Waals surface area contributed by atoms with E-state index in [0.29, 0.717) is 12.0 Å². The molecule has 0 aromatic heterocycles. The largest absolute Gasteiger partial charge is 0.468 e. The maximum Gasteiger partial charge on any atom is 0.325 e. The molecule has 5 nitrogen and oxygen atoms in total.